The number of rotatable bonds is 4. The third-order valence-electron chi connectivity index (χ3n) is 4.45. The zero-order chi connectivity index (χ0) is 19.0. The highest BCUT2D eigenvalue weighted by Gasteiger charge is 2.12. The van der Waals surface area contributed by atoms with Crippen LogP contribution in [0, 0.1) is 0 Å². The smallest absolute Gasteiger partial charge is 0.276 e. The Morgan fingerprint density at radius 3 is 2.44 bits per heavy atom. The first-order chi connectivity index (χ1) is 13.0. The minimum Gasteiger partial charge on any atom is -0.344 e. The van der Waals surface area contributed by atoms with E-state index in [1.54, 1.807) is 0 Å². The molecule has 3 aromatic carbocycles. The second kappa shape index (κ2) is 6.72. The molecule has 1 N–H and O–H groups in total. The molecule has 5 nitrogen and oxygen atoms in total. The number of hydrogen-bond donors (Lipinski definition) is 1. The van der Waals surface area contributed by atoms with E-state index in [0.29, 0.717) is 5.02 Å². The van der Waals surface area contributed by atoms with Crippen LogP contribution in [0.15, 0.2) is 76.7 Å². The number of aromatic nitrogens is 1. The van der Waals surface area contributed by atoms with Gasteiger partial charge in [0.2, 0.25) is 0 Å². The average Bonchev–Trinajstić information content (AvgIpc) is 2.95. The normalized spacial score (nSPS) is 12.2. The third kappa shape index (κ3) is 3.29. The third-order valence-corrected chi connectivity index (χ3v) is 5.94. The number of benzene rings is 3. The summed E-state index contributed by atoms with van der Waals surface area (Å²) in [6.45, 7) is 0. The molecule has 7 heteroatoms. The van der Waals surface area contributed by atoms with Gasteiger partial charge in [-0.3, -0.25) is 0 Å². The van der Waals surface area contributed by atoms with E-state index >= 15 is 0 Å². The van der Waals surface area contributed by atoms with Crippen molar-refractivity contribution in [2.75, 3.05) is 0 Å². The Labute approximate surface area is 161 Å². The summed E-state index contributed by atoms with van der Waals surface area (Å²) in [4.78, 5) is 2.33. The van der Waals surface area contributed by atoms with Crippen LogP contribution in [0.25, 0.3) is 21.8 Å². The lowest BCUT2D eigenvalue weighted by Crippen LogP contribution is -2.18. The van der Waals surface area contributed by atoms with E-state index < -0.39 is 10.0 Å². The predicted octanol–water partition coefficient (Wildman–Crippen LogP) is 4.30. The summed E-state index contributed by atoms with van der Waals surface area (Å²) in [5.74, 6) is 0. The number of aryl methyl sites for hydroxylation is 1. The predicted molar refractivity (Wildman–Crippen MR) is 110 cm³/mol. The quantitative estimate of drug-likeness (QED) is 0.412. The zero-order valence-electron chi connectivity index (χ0n) is 14.4. The van der Waals surface area contributed by atoms with Crippen LogP contribution in [0.2, 0.25) is 5.02 Å². The second-order valence-electron chi connectivity index (χ2n) is 6.16. The summed E-state index contributed by atoms with van der Waals surface area (Å²) in [6.07, 6.45) is 1.49. The standard InChI is InChI=1S/C20H16ClN3O2S/c1-24-19-5-3-2-4-17(19)18-12-14(6-11-20(18)24)13-22-23-27(25,26)16-9-7-15(21)8-10-16/h2-13,23H,1H3/b22-13-. The first-order valence-corrected chi connectivity index (χ1v) is 10.1. The molecule has 0 aliphatic carbocycles. The zero-order valence-corrected chi connectivity index (χ0v) is 16.0. The lowest BCUT2D eigenvalue weighted by molar-refractivity contribution is 0.584. The number of nitrogens with one attached hydrogen (secondary N) is 1. The fourth-order valence-corrected chi connectivity index (χ4v) is 4.02. The van der Waals surface area contributed by atoms with Gasteiger partial charge in [-0.05, 0) is 48.0 Å². The first-order valence-electron chi connectivity index (χ1n) is 8.23. The van der Waals surface area contributed by atoms with Crippen LogP contribution >= 0.6 is 11.6 Å². The fourth-order valence-electron chi connectivity index (χ4n) is 3.10. The number of nitrogens with zero attached hydrogens (tertiary/aromatic N) is 2. The highest BCUT2D eigenvalue weighted by Crippen LogP contribution is 2.28. The van der Waals surface area contributed by atoms with Crippen LogP contribution in [-0.4, -0.2) is 19.2 Å². The van der Waals surface area contributed by atoms with Gasteiger partial charge in [0.1, 0.15) is 0 Å². The van der Waals surface area contributed by atoms with E-state index in [9.17, 15) is 8.42 Å². The van der Waals surface area contributed by atoms with Crippen LogP contribution in [0.4, 0.5) is 0 Å². The molecule has 0 spiro atoms. The molecule has 0 fully saturated rings. The van der Waals surface area contributed by atoms with Crippen molar-refractivity contribution in [2.45, 2.75) is 4.90 Å². The molecule has 0 saturated heterocycles. The van der Waals surface area contributed by atoms with Crippen LogP contribution in [-0.2, 0) is 17.1 Å². The molecule has 0 aliphatic rings. The van der Waals surface area contributed by atoms with Crippen molar-refractivity contribution < 1.29 is 8.42 Å². The summed E-state index contributed by atoms with van der Waals surface area (Å²) >= 11 is 5.79. The summed E-state index contributed by atoms with van der Waals surface area (Å²) in [6, 6.07) is 20.0. The summed E-state index contributed by atoms with van der Waals surface area (Å²) in [5, 5.41) is 6.62. The Bertz CT molecular complexity index is 1280. The van der Waals surface area contributed by atoms with Crippen molar-refractivity contribution in [1.82, 2.24) is 9.40 Å². The maximum Gasteiger partial charge on any atom is 0.276 e. The number of hydrogen-bond acceptors (Lipinski definition) is 3. The Kier molecular flexibility index (Phi) is 4.37. The number of fused-ring (bicyclic) bond motifs is 3. The van der Waals surface area contributed by atoms with E-state index in [-0.39, 0.29) is 4.90 Å². The van der Waals surface area contributed by atoms with Crippen molar-refractivity contribution in [2.24, 2.45) is 12.1 Å². The molecule has 0 bridgehead atoms. The first kappa shape index (κ1) is 17.6. The van der Waals surface area contributed by atoms with Crippen molar-refractivity contribution in [3.05, 3.63) is 77.3 Å². The van der Waals surface area contributed by atoms with E-state index in [0.717, 1.165) is 27.4 Å². The Morgan fingerprint density at radius 2 is 1.67 bits per heavy atom. The fraction of sp³-hybridized carbons (Fsp3) is 0.0500. The Morgan fingerprint density at radius 1 is 0.963 bits per heavy atom. The molecule has 0 aliphatic heterocycles. The molecule has 4 aromatic rings. The van der Waals surface area contributed by atoms with E-state index in [2.05, 4.69) is 26.6 Å². The maximum atomic E-state index is 12.3. The lowest BCUT2D eigenvalue weighted by Gasteiger charge is -2.03. The number of para-hydroxylation sites is 1. The maximum absolute atomic E-state index is 12.3. The van der Waals surface area contributed by atoms with E-state index in [1.807, 2.05) is 37.4 Å². The van der Waals surface area contributed by atoms with Gasteiger partial charge in [0, 0.05) is 33.9 Å². The molecule has 1 heterocycles. The van der Waals surface area contributed by atoms with Crippen LogP contribution in [0.1, 0.15) is 5.56 Å². The molecule has 0 amide bonds. The van der Waals surface area contributed by atoms with Gasteiger partial charge in [-0.25, -0.2) is 4.83 Å². The van der Waals surface area contributed by atoms with E-state index in [4.69, 9.17) is 11.6 Å². The van der Waals surface area contributed by atoms with Crippen LogP contribution in [0.5, 0.6) is 0 Å². The summed E-state index contributed by atoms with van der Waals surface area (Å²) < 4.78 is 26.6. The lowest BCUT2D eigenvalue weighted by atomic mass is 10.1. The molecular weight excluding hydrogens is 382 g/mol. The molecule has 0 unspecified atom stereocenters. The van der Waals surface area contributed by atoms with Gasteiger partial charge in [-0.15, -0.1) is 0 Å². The molecule has 27 heavy (non-hydrogen) atoms. The SMILES string of the molecule is Cn1c2ccccc2c2cc(/C=N\NS(=O)(=O)c3ccc(Cl)cc3)ccc21. The highest BCUT2D eigenvalue weighted by atomic mass is 35.5. The molecular formula is C20H16ClN3O2S. The molecule has 4 rings (SSSR count). The Hall–Kier alpha value is -2.83. The second-order valence-corrected chi connectivity index (χ2v) is 8.26. The van der Waals surface area contributed by atoms with Gasteiger partial charge in [0.25, 0.3) is 10.0 Å². The van der Waals surface area contributed by atoms with Crippen LogP contribution < -0.4 is 4.83 Å². The number of halogens is 1. The van der Waals surface area contributed by atoms with Crippen molar-refractivity contribution >= 4 is 49.6 Å². The monoisotopic (exact) mass is 397 g/mol. The van der Waals surface area contributed by atoms with Gasteiger partial charge < -0.3 is 4.57 Å². The highest BCUT2D eigenvalue weighted by molar-refractivity contribution is 7.89. The van der Waals surface area contributed by atoms with E-state index in [1.165, 1.54) is 30.5 Å². The molecule has 0 radical (unpaired) electrons. The van der Waals surface area contributed by atoms with Gasteiger partial charge in [-0.2, -0.15) is 13.5 Å². The molecule has 1 aromatic heterocycles. The molecule has 0 saturated carbocycles. The van der Waals surface area contributed by atoms with Gasteiger partial charge in [0.15, 0.2) is 0 Å². The summed E-state index contributed by atoms with van der Waals surface area (Å²) in [7, 11) is -1.70. The van der Waals surface area contributed by atoms with Crippen molar-refractivity contribution in [3.8, 4) is 0 Å². The summed E-state index contributed by atoms with van der Waals surface area (Å²) in [5.41, 5.74) is 3.05. The molecule has 136 valence electrons. The van der Waals surface area contributed by atoms with Crippen molar-refractivity contribution in [1.29, 1.82) is 0 Å². The van der Waals surface area contributed by atoms with Gasteiger partial charge in [-0.1, -0.05) is 35.9 Å². The Balaban J connectivity index is 1.63. The topological polar surface area (TPSA) is 63.5 Å². The number of hydrazone groups is 1. The van der Waals surface area contributed by atoms with Crippen molar-refractivity contribution in [3.63, 3.8) is 0 Å². The largest absolute Gasteiger partial charge is 0.344 e. The average molecular weight is 398 g/mol. The van der Waals surface area contributed by atoms with Gasteiger partial charge >= 0.3 is 0 Å². The molecule has 0 atom stereocenters. The van der Waals surface area contributed by atoms with Crippen LogP contribution in [0.3, 0.4) is 0 Å². The van der Waals surface area contributed by atoms with Gasteiger partial charge in [0.05, 0.1) is 11.1 Å². The minimum absolute atomic E-state index is 0.105. The minimum atomic E-state index is -3.73. The number of sulfonamides is 1.